The lowest BCUT2D eigenvalue weighted by Gasteiger charge is -2.23. The normalized spacial score (nSPS) is 14.9. The van der Waals surface area contributed by atoms with E-state index in [1.165, 1.54) is 6.07 Å². The number of nitrogens with one attached hydrogen (secondary N) is 3. The molecular weight excluding hydrogens is 404 g/mol. The maximum absolute atomic E-state index is 13.5. The zero-order chi connectivity index (χ0) is 21.5. The van der Waals surface area contributed by atoms with Gasteiger partial charge in [-0.25, -0.2) is 13.3 Å². The number of H-pyrrole nitrogens is 1. The molecule has 31 heavy (non-hydrogen) atoms. The van der Waals surface area contributed by atoms with Gasteiger partial charge in [0.25, 0.3) is 11.5 Å². The second-order valence-electron chi connectivity index (χ2n) is 7.63. The maximum atomic E-state index is 13.5. The van der Waals surface area contributed by atoms with Crippen LogP contribution in [0.4, 0.5) is 14.5 Å². The van der Waals surface area contributed by atoms with Gasteiger partial charge in [-0.05, 0) is 56.3 Å². The molecule has 3 heterocycles. The van der Waals surface area contributed by atoms with Gasteiger partial charge >= 0.3 is 0 Å². The van der Waals surface area contributed by atoms with E-state index < -0.39 is 17.5 Å². The van der Waals surface area contributed by atoms with Crippen LogP contribution in [0.25, 0.3) is 16.6 Å². The van der Waals surface area contributed by atoms with Gasteiger partial charge in [0.1, 0.15) is 5.65 Å². The molecule has 1 amide bonds. The predicted octanol–water partition coefficient (Wildman–Crippen LogP) is 3.17. The number of anilines is 1. The van der Waals surface area contributed by atoms with Crippen molar-refractivity contribution in [1.82, 2.24) is 19.9 Å². The first-order valence-electron chi connectivity index (χ1n) is 10.0. The number of aromatic nitrogens is 3. The summed E-state index contributed by atoms with van der Waals surface area (Å²) in [6.07, 6.45) is 1.79. The highest BCUT2D eigenvalue weighted by molar-refractivity contribution is 6.11. The maximum Gasteiger partial charge on any atom is 0.255 e. The van der Waals surface area contributed by atoms with Gasteiger partial charge in [-0.3, -0.25) is 9.59 Å². The Labute approximate surface area is 175 Å². The van der Waals surface area contributed by atoms with Crippen LogP contribution in [0.1, 0.15) is 34.8 Å². The summed E-state index contributed by atoms with van der Waals surface area (Å²) in [4.78, 5) is 27.9. The first kappa shape index (κ1) is 19.4. The summed E-state index contributed by atoms with van der Waals surface area (Å²) in [6, 6.07) is 9.74. The zero-order valence-corrected chi connectivity index (χ0v) is 16.4. The van der Waals surface area contributed by atoms with E-state index in [1.54, 1.807) is 28.8 Å². The van der Waals surface area contributed by atoms with E-state index in [2.05, 4.69) is 20.7 Å². The second kappa shape index (κ2) is 7.59. The fourth-order valence-corrected chi connectivity index (χ4v) is 4.13. The van der Waals surface area contributed by atoms with E-state index >= 15 is 0 Å². The smallest absolute Gasteiger partial charge is 0.255 e. The Kier molecular flexibility index (Phi) is 4.74. The summed E-state index contributed by atoms with van der Waals surface area (Å²) < 4.78 is 28.5. The van der Waals surface area contributed by atoms with Crippen LogP contribution < -0.4 is 16.2 Å². The molecule has 0 aliphatic carbocycles. The molecule has 0 spiro atoms. The number of carbonyl (C=O) groups excluding carboxylic acids is 1. The third-order valence-electron chi connectivity index (χ3n) is 5.65. The van der Waals surface area contributed by atoms with Gasteiger partial charge in [-0.1, -0.05) is 6.07 Å². The van der Waals surface area contributed by atoms with Gasteiger partial charge in [0.15, 0.2) is 11.6 Å². The van der Waals surface area contributed by atoms with Gasteiger partial charge in [-0.15, -0.1) is 0 Å². The van der Waals surface area contributed by atoms with Crippen molar-refractivity contribution in [2.45, 2.75) is 18.8 Å². The van der Waals surface area contributed by atoms with Crippen LogP contribution in [0.3, 0.4) is 0 Å². The van der Waals surface area contributed by atoms with Gasteiger partial charge in [0.2, 0.25) is 0 Å². The molecule has 2 aromatic heterocycles. The first-order chi connectivity index (χ1) is 15.0. The number of nitrogens with zero attached hydrogens (tertiary/aromatic N) is 2. The van der Waals surface area contributed by atoms with Gasteiger partial charge in [-0.2, -0.15) is 5.10 Å². The molecule has 4 aromatic rings. The second-order valence-corrected chi connectivity index (χ2v) is 7.63. The molecule has 0 saturated carbocycles. The minimum Gasteiger partial charge on any atom is -0.321 e. The van der Waals surface area contributed by atoms with E-state index in [0.717, 1.165) is 43.8 Å². The molecule has 1 fully saturated rings. The molecule has 5 rings (SSSR count). The van der Waals surface area contributed by atoms with Crippen molar-refractivity contribution < 1.29 is 13.6 Å². The fourth-order valence-electron chi connectivity index (χ4n) is 4.13. The van der Waals surface area contributed by atoms with Crippen LogP contribution >= 0.6 is 0 Å². The molecule has 1 saturated heterocycles. The van der Waals surface area contributed by atoms with E-state index in [1.807, 2.05) is 0 Å². The lowest BCUT2D eigenvalue weighted by atomic mass is 9.94. The van der Waals surface area contributed by atoms with Crippen LogP contribution in [0.2, 0.25) is 0 Å². The monoisotopic (exact) mass is 423 g/mol. The Bertz CT molecular complexity index is 1370. The van der Waals surface area contributed by atoms with Crippen LogP contribution in [-0.2, 0) is 0 Å². The zero-order valence-electron chi connectivity index (χ0n) is 16.4. The molecule has 9 heteroatoms. The van der Waals surface area contributed by atoms with E-state index in [4.69, 9.17) is 0 Å². The molecule has 3 N–H and O–H groups in total. The summed E-state index contributed by atoms with van der Waals surface area (Å²) in [5.74, 6) is -2.52. The van der Waals surface area contributed by atoms with Crippen molar-refractivity contribution in [2.24, 2.45) is 0 Å². The number of hydrogen-bond donors (Lipinski definition) is 3. The van der Waals surface area contributed by atoms with Gasteiger partial charge in [0, 0.05) is 17.5 Å². The number of rotatable bonds is 3. The Balaban J connectivity index is 1.62. The Hall–Kier alpha value is -3.59. The van der Waals surface area contributed by atoms with Gasteiger partial charge in [0.05, 0.1) is 22.3 Å². The summed E-state index contributed by atoms with van der Waals surface area (Å²) in [5, 5.41) is 11.3. The third-order valence-corrected chi connectivity index (χ3v) is 5.65. The predicted molar refractivity (Wildman–Crippen MR) is 112 cm³/mol. The summed E-state index contributed by atoms with van der Waals surface area (Å²) in [7, 11) is 0. The van der Waals surface area contributed by atoms with Crippen LogP contribution in [0, 0.1) is 11.6 Å². The highest BCUT2D eigenvalue weighted by Crippen LogP contribution is 2.30. The Morgan fingerprint density at radius 1 is 1.10 bits per heavy atom. The molecule has 0 bridgehead atoms. The minimum absolute atomic E-state index is 0.0173. The fraction of sp³-hybridized carbons (Fsp3) is 0.227. The lowest BCUT2D eigenvalue weighted by Crippen LogP contribution is -2.28. The van der Waals surface area contributed by atoms with E-state index in [-0.39, 0.29) is 17.0 Å². The SMILES string of the molecule is O=C(Nc1cccc2nn3c(C4CCNCC4)cc(=O)[nH]c3c12)c1ccc(F)c(F)c1. The largest absolute Gasteiger partial charge is 0.321 e. The van der Waals surface area contributed by atoms with Crippen molar-refractivity contribution in [3.8, 4) is 0 Å². The topological polar surface area (TPSA) is 91.3 Å². The molecule has 1 aliphatic rings. The Morgan fingerprint density at radius 2 is 1.90 bits per heavy atom. The summed E-state index contributed by atoms with van der Waals surface area (Å²) >= 11 is 0. The molecule has 158 valence electrons. The molecule has 0 unspecified atom stereocenters. The summed E-state index contributed by atoms with van der Waals surface area (Å²) in [5.41, 5.74) is 2.06. The van der Waals surface area contributed by atoms with E-state index in [0.29, 0.717) is 22.2 Å². The lowest BCUT2D eigenvalue weighted by molar-refractivity contribution is 0.102. The van der Waals surface area contributed by atoms with Crippen LogP contribution in [-0.4, -0.2) is 33.6 Å². The van der Waals surface area contributed by atoms with Crippen molar-refractivity contribution in [3.05, 3.63) is 75.7 Å². The number of halogens is 2. The standard InChI is InChI=1S/C22H19F2N5O2/c23-14-5-4-13(10-15(14)24)22(31)26-16-2-1-3-17-20(16)21-27-19(30)11-18(29(21)28-17)12-6-8-25-9-7-12/h1-5,10-12,25H,6-9H2,(H,26,31)(H,27,30). The van der Waals surface area contributed by atoms with Crippen LogP contribution in [0.15, 0.2) is 47.3 Å². The van der Waals surface area contributed by atoms with Crippen molar-refractivity contribution in [2.75, 3.05) is 18.4 Å². The number of benzene rings is 2. The third kappa shape index (κ3) is 3.46. The molecule has 2 aromatic carbocycles. The highest BCUT2D eigenvalue weighted by atomic mass is 19.2. The number of carbonyl (C=O) groups is 1. The average Bonchev–Trinajstić information content (AvgIpc) is 3.15. The molecular formula is C22H19F2N5O2. The van der Waals surface area contributed by atoms with Crippen molar-refractivity contribution >= 4 is 28.1 Å². The molecule has 7 nitrogen and oxygen atoms in total. The van der Waals surface area contributed by atoms with Gasteiger partial charge < -0.3 is 15.6 Å². The highest BCUT2D eigenvalue weighted by Gasteiger charge is 2.22. The van der Waals surface area contributed by atoms with Crippen molar-refractivity contribution in [3.63, 3.8) is 0 Å². The number of hydrogen-bond acceptors (Lipinski definition) is 4. The molecule has 1 aliphatic heterocycles. The minimum atomic E-state index is -1.10. The summed E-state index contributed by atoms with van der Waals surface area (Å²) in [6.45, 7) is 1.74. The number of fused-ring (bicyclic) bond motifs is 3. The number of piperidine rings is 1. The quantitative estimate of drug-likeness (QED) is 0.472. The average molecular weight is 423 g/mol. The molecule has 0 atom stereocenters. The van der Waals surface area contributed by atoms with E-state index in [9.17, 15) is 18.4 Å². The first-order valence-corrected chi connectivity index (χ1v) is 10.0. The molecule has 0 radical (unpaired) electrons. The van der Waals surface area contributed by atoms with Crippen LogP contribution in [0.5, 0.6) is 0 Å². The number of amides is 1. The van der Waals surface area contributed by atoms with Crippen molar-refractivity contribution in [1.29, 1.82) is 0 Å². The number of aromatic amines is 1. The Morgan fingerprint density at radius 3 is 2.68 bits per heavy atom.